The number of amides is 1. The van der Waals surface area contributed by atoms with Crippen LogP contribution in [0, 0.1) is 5.82 Å². The summed E-state index contributed by atoms with van der Waals surface area (Å²) < 4.78 is 12.6. The molecule has 0 spiro atoms. The van der Waals surface area contributed by atoms with E-state index in [1.165, 1.54) is 12.1 Å². The molecule has 0 aromatic heterocycles. The maximum Gasteiger partial charge on any atom is 0.235 e. The maximum atomic E-state index is 12.6. The van der Waals surface area contributed by atoms with E-state index in [4.69, 9.17) is 5.73 Å². The molecule has 0 aliphatic heterocycles. The zero-order valence-electron chi connectivity index (χ0n) is 8.46. The lowest BCUT2D eigenvalue weighted by Gasteiger charge is -2.11. The minimum absolute atomic E-state index is 0.159. The SMILES string of the molecule is CNNC(=O)CC(N)c1ccc(F)cc1. The predicted octanol–water partition coefficient (Wildman–Crippen LogP) is 0.466. The van der Waals surface area contributed by atoms with Gasteiger partial charge in [0.1, 0.15) is 5.82 Å². The van der Waals surface area contributed by atoms with E-state index in [-0.39, 0.29) is 18.1 Å². The molecule has 1 aromatic carbocycles. The van der Waals surface area contributed by atoms with Crippen LogP contribution in [0.15, 0.2) is 24.3 Å². The van der Waals surface area contributed by atoms with Gasteiger partial charge >= 0.3 is 0 Å². The van der Waals surface area contributed by atoms with Crippen LogP contribution in [0.25, 0.3) is 0 Å². The molecule has 1 aromatic rings. The summed E-state index contributed by atoms with van der Waals surface area (Å²) in [5.74, 6) is -0.514. The number of carbonyl (C=O) groups excluding carboxylic acids is 1. The zero-order chi connectivity index (χ0) is 11.3. The van der Waals surface area contributed by atoms with Crippen molar-refractivity contribution in [2.24, 2.45) is 5.73 Å². The third-order valence-electron chi connectivity index (χ3n) is 1.97. The Morgan fingerprint density at radius 1 is 1.47 bits per heavy atom. The second kappa shape index (κ2) is 5.43. The van der Waals surface area contributed by atoms with E-state index in [2.05, 4.69) is 10.9 Å². The Morgan fingerprint density at radius 3 is 2.60 bits per heavy atom. The lowest BCUT2D eigenvalue weighted by atomic mass is 10.0. The van der Waals surface area contributed by atoms with Crippen LogP contribution in [-0.2, 0) is 4.79 Å². The molecule has 0 saturated heterocycles. The monoisotopic (exact) mass is 211 g/mol. The Labute approximate surface area is 87.6 Å². The third kappa shape index (κ3) is 3.65. The summed E-state index contributed by atoms with van der Waals surface area (Å²) in [6.45, 7) is 0. The van der Waals surface area contributed by atoms with Crippen molar-refractivity contribution in [1.29, 1.82) is 0 Å². The third-order valence-corrected chi connectivity index (χ3v) is 1.97. The van der Waals surface area contributed by atoms with E-state index in [1.54, 1.807) is 19.2 Å². The first-order valence-electron chi connectivity index (χ1n) is 4.60. The molecule has 82 valence electrons. The van der Waals surface area contributed by atoms with Crippen molar-refractivity contribution in [2.45, 2.75) is 12.5 Å². The number of nitrogens with one attached hydrogen (secondary N) is 2. The van der Waals surface area contributed by atoms with E-state index in [1.807, 2.05) is 0 Å². The summed E-state index contributed by atoms with van der Waals surface area (Å²) >= 11 is 0. The van der Waals surface area contributed by atoms with Crippen molar-refractivity contribution in [3.8, 4) is 0 Å². The molecule has 1 amide bonds. The summed E-state index contributed by atoms with van der Waals surface area (Å²) in [6.07, 6.45) is 0.159. The standard InChI is InChI=1S/C10H14FN3O/c1-13-14-10(15)6-9(12)7-2-4-8(11)5-3-7/h2-5,9,13H,6,12H2,1H3,(H,14,15). The second-order valence-electron chi connectivity index (χ2n) is 3.16. The van der Waals surface area contributed by atoms with Crippen molar-refractivity contribution in [3.05, 3.63) is 35.6 Å². The maximum absolute atomic E-state index is 12.6. The van der Waals surface area contributed by atoms with Crippen LogP contribution in [0.3, 0.4) is 0 Å². The van der Waals surface area contributed by atoms with Gasteiger partial charge in [-0.1, -0.05) is 12.1 Å². The molecule has 0 aliphatic carbocycles. The highest BCUT2D eigenvalue weighted by Crippen LogP contribution is 2.13. The quantitative estimate of drug-likeness (QED) is 0.634. The Morgan fingerprint density at radius 2 is 2.07 bits per heavy atom. The van der Waals surface area contributed by atoms with Crippen molar-refractivity contribution in [2.75, 3.05) is 7.05 Å². The van der Waals surface area contributed by atoms with Crippen LogP contribution >= 0.6 is 0 Å². The Balaban J connectivity index is 2.57. The lowest BCUT2D eigenvalue weighted by molar-refractivity contribution is -0.122. The Kier molecular flexibility index (Phi) is 4.20. The summed E-state index contributed by atoms with van der Waals surface area (Å²) in [6, 6.07) is 5.38. The van der Waals surface area contributed by atoms with Gasteiger partial charge in [0, 0.05) is 19.5 Å². The molecule has 4 N–H and O–H groups in total. The largest absolute Gasteiger partial charge is 0.324 e. The van der Waals surface area contributed by atoms with Gasteiger partial charge in [0.25, 0.3) is 0 Å². The van der Waals surface area contributed by atoms with Gasteiger partial charge < -0.3 is 5.73 Å². The first kappa shape index (κ1) is 11.6. The van der Waals surface area contributed by atoms with E-state index < -0.39 is 6.04 Å². The molecule has 0 saturated carbocycles. The number of hydrazine groups is 1. The van der Waals surface area contributed by atoms with Gasteiger partial charge in [-0.2, -0.15) is 0 Å². The average molecular weight is 211 g/mol. The fourth-order valence-electron chi connectivity index (χ4n) is 1.22. The van der Waals surface area contributed by atoms with Crippen molar-refractivity contribution < 1.29 is 9.18 Å². The molecule has 1 unspecified atom stereocenters. The van der Waals surface area contributed by atoms with E-state index >= 15 is 0 Å². The minimum Gasteiger partial charge on any atom is -0.324 e. The highest BCUT2D eigenvalue weighted by atomic mass is 19.1. The number of hydrogen-bond acceptors (Lipinski definition) is 3. The fraction of sp³-hybridized carbons (Fsp3) is 0.300. The molecular weight excluding hydrogens is 197 g/mol. The summed E-state index contributed by atoms with van der Waals surface area (Å²) in [7, 11) is 1.60. The van der Waals surface area contributed by atoms with Gasteiger partial charge in [0.2, 0.25) is 5.91 Å². The molecule has 0 bridgehead atoms. The van der Waals surface area contributed by atoms with Crippen LogP contribution < -0.4 is 16.6 Å². The van der Waals surface area contributed by atoms with Gasteiger partial charge in [-0.3, -0.25) is 10.2 Å². The van der Waals surface area contributed by atoms with Crippen LogP contribution in [0.5, 0.6) is 0 Å². The molecule has 0 aliphatic rings. The topological polar surface area (TPSA) is 67.1 Å². The molecule has 1 rings (SSSR count). The van der Waals surface area contributed by atoms with Crippen LogP contribution in [0.4, 0.5) is 4.39 Å². The predicted molar refractivity (Wildman–Crippen MR) is 55.1 cm³/mol. The van der Waals surface area contributed by atoms with E-state index in [0.29, 0.717) is 0 Å². The van der Waals surface area contributed by atoms with E-state index in [9.17, 15) is 9.18 Å². The van der Waals surface area contributed by atoms with Crippen molar-refractivity contribution in [3.63, 3.8) is 0 Å². The van der Waals surface area contributed by atoms with Gasteiger partial charge in [0.05, 0.1) is 0 Å². The average Bonchev–Trinajstić information content (AvgIpc) is 2.18. The van der Waals surface area contributed by atoms with Gasteiger partial charge in [-0.05, 0) is 17.7 Å². The minimum atomic E-state index is -0.418. The first-order valence-corrected chi connectivity index (χ1v) is 4.60. The van der Waals surface area contributed by atoms with Crippen LogP contribution in [0.1, 0.15) is 18.0 Å². The summed E-state index contributed by atoms with van der Waals surface area (Å²) in [5, 5.41) is 0. The Bertz CT molecular complexity index is 326. The molecule has 5 heteroatoms. The normalized spacial score (nSPS) is 12.2. The first-order chi connectivity index (χ1) is 7.13. The number of rotatable bonds is 4. The summed E-state index contributed by atoms with van der Waals surface area (Å²) in [5.41, 5.74) is 11.4. The number of hydrogen-bond donors (Lipinski definition) is 3. The van der Waals surface area contributed by atoms with Gasteiger partial charge in [-0.15, -0.1) is 0 Å². The number of nitrogens with two attached hydrogens (primary N) is 1. The molecule has 15 heavy (non-hydrogen) atoms. The molecule has 1 atom stereocenters. The second-order valence-corrected chi connectivity index (χ2v) is 3.16. The van der Waals surface area contributed by atoms with E-state index in [0.717, 1.165) is 5.56 Å². The van der Waals surface area contributed by atoms with Crippen molar-refractivity contribution >= 4 is 5.91 Å². The van der Waals surface area contributed by atoms with Crippen LogP contribution in [-0.4, -0.2) is 13.0 Å². The van der Waals surface area contributed by atoms with Crippen molar-refractivity contribution in [1.82, 2.24) is 10.9 Å². The molecule has 0 fully saturated rings. The zero-order valence-corrected chi connectivity index (χ0v) is 8.46. The van der Waals surface area contributed by atoms with Gasteiger partial charge in [0.15, 0.2) is 0 Å². The van der Waals surface area contributed by atoms with Gasteiger partial charge in [-0.25, -0.2) is 9.82 Å². The molecule has 4 nitrogen and oxygen atoms in total. The lowest BCUT2D eigenvalue weighted by Crippen LogP contribution is -2.36. The number of halogens is 1. The highest BCUT2D eigenvalue weighted by molar-refractivity contribution is 5.76. The Hall–Kier alpha value is -1.46. The summed E-state index contributed by atoms with van der Waals surface area (Å²) in [4.78, 5) is 11.2. The molecule has 0 radical (unpaired) electrons. The van der Waals surface area contributed by atoms with Crippen LogP contribution in [0.2, 0.25) is 0 Å². The number of carbonyl (C=O) groups is 1. The molecule has 0 heterocycles. The number of benzene rings is 1. The molecular formula is C10H14FN3O. The smallest absolute Gasteiger partial charge is 0.235 e. The fourth-order valence-corrected chi connectivity index (χ4v) is 1.22. The highest BCUT2D eigenvalue weighted by Gasteiger charge is 2.10.